The quantitative estimate of drug-likeness (QED) is 0.726. The van der Waals surface area contributed by atoms with Crippen molar-refractivity contribution in [3.05, 3.63) is 18.2 Å². The second-order valence-electron chi connectivity index (χ2n) is 4.90. The van der Waals surface area contributed by atoms with E-state index in [-0.39, 0.29) is 4.90 Å². The zero-order chi connectivity index (χ0) is 14.7. The van der Waals surface area contributed by atoms with Crippen LogP contribution in [0.15, 0.2) is 23.1 Å². The van der Waals surface area contributed by atoms with Crippen molar-refractivity contribution in [2.45, 2.75) is 4.90 Å². The monoisotopic (exact) mass is 329 g/mol. The van der Waals surface area contributed by atoms with Crippen LogP contribution in [0.4, 0.5) is 0 Å². The lowest BCUT2D eigenvalue weighted by atomic mass is 10.3. The van der Waals surface area contributed by atoms with E-state index in [1.54, 1.807) is 18.2 Å². The van der Waals surface area contributed by atoms with E-state index >= 15 is 0 Å². The van der Waals surface area contributed by atoms with Gasteiger partial charge in [0, 0.05) is 0 Å². The number of morpholine rings is 1. The molecule has 0 saturated carbocycles. The number of hydrogen-bond donors (Lipinski definition) is 2. The summed E-state index contributed by atoms with van der Waals surface area (Å²) in [7, 11) is -3.55. The van der Waals surface area contributed by atoms with Crippen LogP contribution < -0.4 is 9.62 Å². The lowest BCUT2D eigenvalue weighted by Crippen LogP contribution is -3.14. The van der Waals surface area contributed by atoms with E-state index in [4.69, 9.17) is 4.74 Å². The Morgan fingerprint density at radius 3 is 2.90 bits per heavy atom. The van der Waals surface area contributed by atoms with Gasteiger partial charge in [-0.05, 0) is 12.1 Å². The number of nitrogens with one attached hydrogen (secondary N) is 2. The number of ether oxygens (including phenoxy) is 1. The van der Waals surface area contributed by atoms with Gasteiger partial charge in [0.2, 0.25) is 10.0 Å². The molecule has 0 unspecified atom stereocenters. The van der Waals surface area contributed by atoms with Crippen LogP contribution in [0.3, 0.4) is 0 Å². The van der Waals surface area contributed by atoms with Crippen molar-refractivity contribution >= 4 is 32.8 Å². The minimum absolute atomic E-state index is 0.200. The molecule has 3 rings (SSSR count). The summed E-state index contributed by atoms with van der Waals surface area (Å²) in [6, 6.07) is 5.01. The zero-order valence-corrected chi connectivity index (χ0v) is 13.0. The molecule has 2 N–H and O–H groups in total. The highest BCUT2D eigenvalue weighted by Gasteiger charge is 2.20. The summed E-state index contributed by atoms with van der Waals surface area (Å²) in [5.74, 6) is 0. The summed E-state index contributed by atoms with van der Waals surface area (Å²) in [5, 5.41) is 0. The first kappa shape index (κ1) is 14.8. The van der Waals surface area contributed by atoms with Crippen molar-refractivity contribution in [3.63, 3.8) is 0 Å². The molecule has 9 heteroatoms. The van der Waals surface area contributed by atoms with E-state index in [0.29, 0.717) is 17.6 Å². The second-order valence-corrected chi connectivity index (χ2v) is 7.16. The summed E-state index contributed by atoms with van der Waals surface area (Å²) in [4.78, 5) is 1.56. The Labute approximate surface area is 127 Å². The highest BCUT2D eigenvalue weighted by atomic mass is 32.2. The molecule has 1 aromatic heterocycles. The molecule has 2 aromatic rings. The predicted octanol–water partition coefficient (Wildman–Crippen LogP) is -1.12. The van der Waals surface area contributed by atoms with Gasteiger partial charge in [-0.25, -0.2) is 13.1 Å². The third-order valence-electron chi connectivity index (χ3n) is 3.51. The molecule has 1 aliphatic heterocycles. The van der Waals surface area contributed by atoms with Crippen molar-refractivity contribution in [2.75, 3.05) is 39.4 Å². The highest BCUT2D eigenvalue weighted by molar-refractivity contribution is 7.89. The fraction of sp³-hybridized carbons (Fsp3) is 0.500. The average Bonchev–Trinajstić information content (AvgIpc) is 2.96. The van der Waals surface area contributed by atoms with Gasteiger partial charge in [-0.1, -0.05) is 6.07 Å². The maximum Gasteiger partial charge on any atom is 0.243 e. The smallest absolute Gasteiger partial charge is 0.243 e. The first-order chi connectivity index (χ1) is 10.2. The van der Waals surface area contributed by atoms with Crippen LogP contribution in [-0.2, 0) is 14.8 Å². The van der Waals surface area contributed by atoms with Gasteiger partial charge in [-0.2, -0.15) is 8.75 Å². The minimum atomic E-state index is -3.55. The Kier molecular flexibility index (Phi) is 4.45. The maximum absolute atomic E-state index is 12.4. The van der Waals surface area contributed by atoms with Gasteiger partial charge in [0.25, 0.3) is 0 Å². The Bertz CT molecular complexity index is 710. The standard InChI is InChI=1S/C12H16N4O3S2/c17-21(18,13-4-5-16-6-8-19-9-7-16)11-3-1-2-10-12(11)15-20-14-10/h1-3,13H,4-9H2/p+1. The Balaban J connectivity index is 1.67. The Morgan fingerprint density at radius 2 is 2.10 bits per heavy atom. The van der Waals surface area contributed by atoms with Crippen molar-refractivity contribution in [1.29, 1.82) is 0 Å². The molecule has 0 radical (unpaired) electrons. The summed E-state index contributed by atoms with van der Waals surface area (Å²) >= 11 is 1.02. The molecule has 7 nitrogen and oxygen atoms in total. The summed E-state index contributed by atoms with van der Waals surface area (Å²) in [6.45, 7) is 4.50. The molecule has 2 heterocycles. The highest BCUT2D eigenvalue weighted by Crippen LogP contribution is 2.20. The van der Waals surface area contributed by atoms with Crippen LogP contribution in [-0.4, -0.2) is 56.6 Å². The van der Waals surface area contributed by atoms with Crippen molar-refractivity contribution in [2.24, 2.45) is 0 Å². The van der Waals surface area contributed by atoms with E-state index in [1.165, 1.54) is 4.90 Å². The maximum atomic E-state index is 12.4. The molecule has 0 amide bonds. The minimum Gasteiger partial charge on any atom is -0.370 e. The number of hydrogen-bond acceptors (Lipinski definition) is 6. The number of rotatable bonds is 5. The Hall–Kier alpha value is -1.13. The van der Waals surface area contributed by atoms with E-state index in [2.05, 4.69) is 13.5 Å². The van der Waals surface area contributed by atoms with E-state index in [9.17, 15) is 8.42 Å². The first-order valence-electron chi connectivity index (χ1n) is 6.79. The predicted molar refractivity (Wildman–Crippen MR) is 79.0 cm³/mol. The average molecular weight is 329 g/mol. The number of fused-ring (bicyclic) bond motifs is 1. The van der Waals surface area contributed by atoms with Gasteiger partial charge < -0.3 is 9.64 Å². The number of sulfonamides is 1. The van der Waals surface area contributed by atoms with E-state index < -0.39 is 10.0 Å². The van der Waals surface area contributed by atoms with Gasteiger partial charge in [0.1, 0.15) is 29.0 Å². The fourth-order valence-electron chi connectivity index (χ4n) is 2.35. The van der Waals surface area contributed by atoms with Gasteiger partial charge >= 0.3 is 0 Å². The van der Waals surface area contributed by atoms with Crippen LogP contribution in [0.2, 0.25) is 0 Å². The van der Waals surface area contributed by atoms with Crippen LogP contribution in [0.25, 0.3) is 11.0 Å². The molecular formula is C12H17N4O3S2+. The molecular weight excluding hydrogens is 312 g/mol. The van der Waals surface area contributed by atoms with Crippen LogP contribution in [0.1, 0.15) is 0 Å². The summed E-state index contributed by atoms with van der Waals surface area (Å²) in [6.07, 6.45) is 0. The largest absolute Gasteiger partial charge is 0.370 e. The second kappa shape index (κ2) is 6.32. The van der Waals surface area contributed by atoms with Crippen molar-refractivity contribution in [1.82, 2.24) is 13.5 Å². The van der Waals surface area contributed by atoms with Crippen LogP contribution >= 0.6 is 11.7 Å². The normalized spacial score (nSPS) is 17.3. The molecule has 1 fully saturated rings. The molecule has 114 valence electrons. The lowest BCUT2D eigenvalue weighted by molar-refractivity contribution is -0.906. The lowest BCUT2D eigenvalue weighted by Gasteiger charge is -2.23. The molecule has 1 saturated heterocycles. The number of nitrogens with zero attached hydrogens (tertiary/aromatic N) is 2. The van der Waals surface area contributed by atoms with Crippen LogP contribution in [0, 0.1) is 0 Å². The van der Waals surface area contributed by atoms with Crippen LogP contribution in [0.5, 0.6) is 0 Å². The van der Waals surface area contributed by atoms with Crippen molar-refractivity contribution < 1.29 is 18.1 Å². The zero-order valence-electron chi connectivity index (χ0n) is 11.4. The third-order valence-corrected chi connectivity index (χ3v) is 5.54. The first-order valence-corrected chi connectivity index (χ1v) is 9.00. The summed E-state index contributed by atoms with van der Waals surface area (Å²) in [5.41, 5.74) is 1.05. The number of benzene rings is 1. The number of quaternary nitrogens is 1. The molecule has 21 heavy (non-hydrogen) atoms. The fourth-order valence-corrected chi connectivity index (χ4v) is 4.14. The Morgan fingerprint density at radius 1 is 1.29 bits per heavy atom. The third kappa shape index (κ3) is 3.38. The molecule has 0 bridgehead atoms. The topological polar surface area (TPSA) is 85.6 Å². The van der Waals surface area contributed by atoms with Gasteiger partial charge in [-0.3, -0.25) is 0 Å². The molecule has 0 spiro atoms. The SMILES string of the molecule is O=S(=O)(NCC[NH+]1CCOCC1)c1cccc2nsnc12. The molecule has 0 atom stereocenters. The van der Waals surface area contributed by atoms with Gasteiger partial charge in [-0.15, -0.1) is 0 Å². The van der Waals surface area contributed by atoms with Gasteiger partial charge in [0.15, 0.2) is 0 Å². The van der Waals surface area contributed by atoms with Crippen molar-refractivity contribution in [3.8, 4) is 0 Å². The van der Waals surface area contributed by atoms with Gasteiger partial charge in [0.05, 0.1) is 38.0 Å². The molecule has 0 aliphatic carbocycles. The number of aromatic nitrogens is 2. The van der Waals surface area contributed by atoms with E-state index in [1.807, 2.05) is 0 Å². The molecule has 1 aliphatic rings. The summed E-state index contributed by atoms with van der Waals surface area (Å²) < 4.78 is 40.8. The molecule has 1 aromatic carbocycles. The van der Waals surface area contributed by atoms with E-state index in [0.717, 1.165) is 44.6 Å².